The molecule has 142 valence electrons. The lowest BCUT2D eigenvalue weighted by Gasteiger charge is -2.35. The molecule has 1 atom stereocenters. The van der Waals surface area contributed by atoms with Crippen LogP contribution in [0.1, 0.15) is 24.7 Å². The predicted molar refractivity (Wildman–Crippen MR) is 102 cm³/mol. The number of benzene rings is 1. The van der Waals surface area contributed by atoms with Gasteiger partial charge < -0.3 is 14.2 Å². The summed E-state index contributed by atoms with van der Waals surface area (Å²) >= 11 is 6.05. The number of nitrogens with zero attached hydrogens (tertiary/aromatic N) is 5. The van der Waals surface area contributed by atoms with Gasteiger partial charge in [-0.2, -0.15) is 5.10 Å². The van der Waals surface area contributed by atoms with Gasteiger partial charge in [0.15, 0.2) is 5.82 Å². The lowest BCUT2D eigenvalue weighted by molar-refractivity contribution is -0.140. The number of aromatic nitrogens is 4. The zero-order valence-corrected chi connectivity index (χ0v) is 16.0. The number of aryl methyl sites for hydroxylation is 2. The standard InChI is InChI=1S/C19H22ClN5O2/c1-23-19(21-13-22-23)17-12-27-10-9-25(17)18(26)3-2-7-24-8-6-14-11-15(20)4-5-16(14)24/h4-6,8,11,13,17H,2-3,7,9-10,12H2,1H3. The van der Waals surface area contributed by atoms with Crippen molar-refractivity contribution in [2.24, 2.45) is 7.05 Å². The van der Waals surface area contributed by atoms with Gasteiger partial charge in [-0.05, 0) is 30.7 Å². The molecule has 0 N–H and O–H groups in total. The topological polar surface area (TPSA) is 65.2 Å². The monoisotopic (exact) mass is 387 g/mol. The summed E-state index contributed by atoms with van der Waals surface area (Å²) in [5.41, 5.74) is 1.13. The fraction of sp³-hybridized carbons (Fsp3) is 0.421. The van der Waals surface area contributed by atoms with Crippen LogP contribution in [0.2, 0.25) is 5.02 Å². The van der Waals surface area contributed by atoms with E-state index in [1.165, 1.54) is 6.33 Å². The molecule has 1 unspecified atom stereocenters. The Morgan fingerprint density at radius 3 is 3.07 bits per heavy atom. The first-order valence-corrected chi connectivity index (χ1v) is 9.47. The number of halogens is 1. The van der Waals surface area contributed by atoms with E-state index in [-0.39, 0.29) is 11.9 Å². The van der Waals surface area contributed by atoms with Crippen molar-refractivity contribution in [3.63, 3.8) is 0 Å². The highest BCUT2D eigenvalue weighted by molar-refractivity contribution is 6.31. The van der Waals surface area contributed by atoms with Crippen LogP contribution in [0.15, 0.2) is 36.8 Å². The van der Waals surface area contributed by atoms with E-state index >= 15 is 0 Å². The number of carbonyl (C=O) groups is 1. The molecule has 1 aliphatic heterocycles. The van der Waals surface area contributed by atoms with Crippen molar-refractivity contribution in [2.45, 2.75) is 25.4 Å². The van der Waals surface area contributed by atoms with Crippen molar-refractivity contribution in [1.82, 2.24) is 24.2 Å². The van der Waals surface area contributed by atoms with Crippen molar-refractivity contribution in [1.29, 1.82) is 0 Å². The van der Waals surface area contributed by atoms with Crippen LogP contribution in [0.5, 0.6) is 0 Å². The summed E-state index contributed by atoms with van der Waals surface area (Å²) in [4.78, 5) is 19.0. The van der Waals surface area contributed by atoms with Crippen LogP contribution in [0.3, 0.4) is 0 Å². The SMILES string of the molecule is Cn1ncnc1C1COCCN1C(=O)CCCn1ccc2cc(Cl)ccc21. The molecule has 0 saturated carbocycles. The highest BCUT2D eigenvalue weighted by Gasteiger charge is 2.31. The highest BCUT2D eigenvalue weighted by atomic mass is 35.5. The molecule has 3 heterocycles. The van der Waals surface area contributed by atoms with E-state index in [2.05, 4.69) is 20.7 Å². The van der Waals surface area contributed by atoms with Gasteiger partial charge in [0.1, 0.15) is 12.4 Å². The van der Waals surface area contributed by atoms with Crippen LogP contribution in [0.4, 0.5) is 0 Å². The first-order chi connectivity index (χ1) is 13.1. The average molecular weight is 388 g/mol. The third-order valence-electron chi connectivity index (χ3n) is 5.02. The fourth-order valence-corrected chi connectivity index (χ4v) is 3.81. The maximum Gasteiger partial charge on any atom is 0.223 e. The molecule has 27 heavy (non-hydrogen) atoms. The molecule has 0 spiro atoms. The summed E-state index contributed by atoms with van der Waals surface area (Å²) in [6.45, 7) is 2.39. The quantitative estimate of drug-likeness (QED) is 0.675. The van der Waals surface area contributed by atoms with Crippen LogP contribution in [-0.4, -0.2) is 49.9 Å². The van der Waals surface area contributed by atoms with Gasteiger partial charge in [0.05, 0.1) is 13.2 Å². The molecule has 7 nitrogen and oxygen atoms in total. The van der Waals surface area contributed by atoms with Crippen molar-refractivity contribution < 1.29 is 9.53 Å². The number of hydrogen-bond acceptors (Lipinski definition) is 4. The number of morpholine rings is 1. The molecule has 2 aromatic heterocycles. The molecular formula is C19H22ClN5O2. The van der Waals surface area contributed by atoms with E-state index in [1.807, 2.05) is 36.3 Å². The van der Waals surface area contributed by atoms with Crippen LogP contribution < -0.4 is 0 Å². The zero-order chi connectivity index (χ0) is 18.8. The van der Waals surface area contributed by atoms with Crippen LogP contribution in [0.25, 0.3) is 10.9 Å². The lowest BCUT2D eigenvalue weighted by atomic mass is 10.1. The largest absolute Gasteiger partial charge is 0.377 e. The molecule has 1 aromatic carbocycles. The van der Waals surface area contributed by atoms with Crippen molar-refractivity contribution in [3.8, 4) is 0 Å². The third-order valence-corrected chi connectivity index (χ3v) is 5.25. The van der Waals surface area contributed by atoms with E-state index in [1.54, 1.807) is 4.68 Å². The number of fused-ring (bicyclic) bond motifs is 1. The number of rotatable bonds is 5. The van der Waals surface area contributed by atoms with E-state index in [0.29, 0.717) is 26.2 Å². The molecule has 1 saturated heterocycles. The Morgan fingerprint density at radius 2 is 2.26 bits per heavy atom. The third kappa shape index (κ3) is 3.70. The smallest absolute Gasteiger partial charge is 0.223 e. The number of hydrogen-bond donors (Lipinski definition) is 0. The normalized spacial score (nSPS) is 17.6. The van der Waals surface area contributed by atoms with Crippen molar-refractivity contribution in [3.05, 3.63) is 47.6 Å². The van der Waals surface area contributed by atoms with Gasteiger partial charge in [0.25, 0.3) is 0 Å². The molecule has 0 aliphatic carbocycles. The van der Waals surface area contributed by atoms with Crippen molar-refractivity contribution in [2.75, 3.05) is 19.8 Å². The van der Waals surface area contributed by atoms with Gasteiger partial charge in [0, 0.05) is 48.7 Å². The van der Waals surface area contributed by atoms with Crippen LogP contribution >= 0.6 is 11.6 Å². The Balaban J connectivity index is 1.40. The highest BCUT2D eigenvalue weighted by Crippen LogP contribution is 2.24. The van der Waals surface area contributed by atoms with Crippen molar-refractivity contribution >= 4 is 28.4 Å². The van der Waals surface area contributed by atoms with Crippen LogP contribution in [0, 0.1) is 0 Å². The van der Waals surface area contributed by atoms with Gasteiger partial charge in [-0.3, -0.25) is 9.48 Å². The Bertz CT molecular complexity index is 951. The zero-order valence-electron chi connectivity index (χ0n) is 15.2. The summed E-state index contributed by atoms with van der Waals surface area (Å²) < 4.78 is 9.44. The Morgan fingerprint density at radius 1 is 1.37 bits per heavy atom. The summed E-state index contributed by atoms with van der Waals surface area (Å²) in [5.74, 6) is 0.891. The molecule has 0 bridgehead atoms. The molecule has 1 aliphatic rings. The second-order valence-corrected chi connectivity index (χ2v) is 7.17. The van der Waals surface area contributed by atoms with Gasteiger partial charge in [-0.15, -0.1) is 0 Å². The average Bonchev–Trinajstić information content (AvgIpc) is 3.27. The van der Waals surface area contributed by atoms with Gasteiger partial charge in [0.2, 0.25) is 5.91 Å². The Labute approximate surface area is 162 Å². The molecule has 1 fully saturated rings. The molecule has 0 radical (unpaired) electrons. The summed E-state index contributed by atoms with van der Waals surface area (Å²) in [7, 11) is 1.84. The molecule has 8 heteroatoms. The number of carbonyl (C=O) groups excluding carboxylic acids is 1. The molecule has 1 amide bonds. The van der Waals surface area contributed by atoms with E-state index < -0.39 is 0 Å². The van der Waals surface area contributed by atoms with Crippen LogP contribution in [-0.2, 0) is 23.1 Å². The maximum absolute atomic E-state index is 12.8. The Hall–Kier alpha value is -2.38. The van der Waals surface area contributed by atoms with E-state index in [9.17, 15) is 4.79 Å². The molecule has 4 rings (SSSR count). The lowest BCUT2D eigenvalue weighted by Crippen LogP contribution is -2.44. The molecule has 3 aromatic rings. The summed E-state index contributed by atoms with van der Waals surface area (Å²) in [5, 5.41) is 5.96. The fourth-order valence-electron chi connectivity index (χ4n) is 3.63. The first-order valence-electron chi connectivity index (χ1n) is 9.09. The number of amides is 1. The minimum Gasteiger partial charge on any atom is -0.377 e. The minimum absolute atomic E-state index is 0.130. The predicted octanol–water partition coefficient (Wildman–Crippen LogP) is 2.80. The van der Waals surface area contributed by atoms with Gasteiger partial charge >= 0.3 is 0 Å². The van der Waals surface area contributed by atoms with E-state index in [4.69, 9.17) is 16.3 Å². The maximum atomic E-state index is 12.8. The Kier molecular flexibility index (Phi) is 5.13. The van der Waals surface area contributed by atoms with Gasteiger partial charge in [-0.25, -0.2) is 4.98 Å². The summed E-state index contributed by atoms with van der Waals surface area (Å²) in [6, 6.07) is 7.75. The van der Waals surface area contributed by atoms with Gasteiger partial charge in [-0.1, -0.05) is 11.6 Å². The molecular weight excluding hydrogens is 366 g/mol. The summed E-state index contributed by atoms with van der Waals surface area (Å²) in [6.07, 6.45) is 4.81. The second kappa shape index (κ2) is 7.70. The minimum atomic E-state index is -0.173. The number of ether oxygens (including phenoxy) is 1. The second-order valence-electron chi connectivity index (χ2n) is 6.74. The first kappa shape index (κ1) is 18.0. The van der Waals surface area contributed by atoms with E-state index in [0.717, 1.165) is 34.7 Å².